The van der Waals surface area contributed by atoms with Crippen LogP contribution in [0.15, 0.2) is 42.5 Å². The highest BCUT2D eigenvalue weighted by Gasteiger charge is 2.15. The number of aromatic hydroxyl groups is 1. The van der Waals surface area contributed by atoms with Crippen LogP contribution in [0.3, 0.4) is 0 Å². The standard InChI is InChI=1S/C16H15ClN2O2/c1-21-9-8-19-14-5-3-2-4-13(14)18-16(19)12-7-6-11(17)10-15(12)20/h2-7,10,20H,8-9H2,1H3. The Hall–Kier alpha value is -2.04. The maximum absolute atomic E-state index is 10.2. The molecule has 3 rings (SSSR count). The van der Waals surface area contributed by atoms with Crippen molar-refractivity contribution in [2.24, 2.45) is 0 Å². The summed E-state index contributed by atoms with van der Waals surface area (Å²) < 4.78 is 7.22. The Kier molecular flexibility index (Phi) is 3.82. The lowest BCUT2D eigenvalue weighted by atomic mass is 10.2. The van der Waals surface area contributed by atoms with E-state index in [1.807, 2.05) is 28.8 Å². The monoisotopic (exact) mass is 302 g/mol. The lowest BCUT2D eigenvalue weighted by Crippen LogP contribution is -2.06. The van der Waals surface area contributed by atoms with Crippen LogP contribution in [0.2, 0.25) is 5.02 Å². The fourth-order valence-corrected chi connectivity index (χ4v) is 2.55. The van der Waals surface area contributed by atoms with Crippen LogP contribution in [0.25, 0.3) is 22.4 Å². The zero-order valence-electron chi connectivity index (χ0n) is 11.6. The summed E-state index contributed by atoms with van der Waals surface area (Å²) >= 11 is 5.90. The van der Waals surface area contributed by atoms with Gasteiger partial charge in [0.15, 0.2) is 0 Å². The molecular weight excluding hydrogens is 288 g/mol. The Bertz CT molecular complexity index is 783. The summed E-state index contributed by atoms with van der Waals surface area (Å²) in [5, 5.41) is 10.6. The highest BCUT2D eigenvalue weighted by molar-refractivity contribution is 6.30. The number of methoxy groups -OCH3 is 1. The number of aromatic nitrogens is 2. The number of imidazole rings is 1. The van der Waals surface area contributed by atoms with E-state index in [0.717, 1.165) is 11.0 Å². The second kappa shape index (κ2) is 5.76. The van der Waals surface area contributed by atoms with E-state index < -0.39 is 0 Å². The fraction of sp³-hybridized carbons (Fsp3) is 0.188. The Balaban J connectivity index is 2.20. The first-order chi connectivity index (χ1) is 10.2. The molecule has 0 amide bonds. The largest absolute Gasteiger partial charge is 0.507 e. The van der Waals surface area contributed by atoms with E-state index in [2.05, 4.69) is 4.98 Å². The minimum Gasteiger partial charge on any atom is -0.507 e. The van der Waals surface area contributed by atoms with Gasteiger partial charge in [-0.15, -0.1) is 0 Å². The average molecular weight is 303 g/mol. The van der Waals surface area contributed by atoms with Crippen molar-refractivity contribution in [3.05, 3.63) is 47.5 Å². The molecular formula is C16H15ClN2O2. The van der Waals surface area contributed by atoms with Crippen molar-refractivity contribution in [2.75, 3.05) is 13.7 Å². The number of nitrogens with zero attached hydrogens (tertiary/aromatic N) is 2. The van der Waals surface area contributed by atoms with Crippen molar-refractivity contribution >= 4 is 22.6 Å². The molecule has 21 heavy (non-hydrogen) atoms. The first-order valence-electron chi connectivity index (χ1n) is 6.64. The number of hydrogen-bond donors (Lipinski definition) is 1. The molecule has 1 aromatic heterocycles. The van der Waals surface area contributed by atoms with Crippen molar-refractivity contribution < 1.29 is 9.84 Å². The van der Waals surface area contributed by atoms with Crippen LogP contribution in [0.4, 0.5) is 0 Å². The quantitative estimate of drug-likeness (QED) is 0.799. The van der Waals surface area contributed by atoms with Gasteiger partial charge in [-0.25, -0.2) is 4.98 Å². The van der Waals surface area contributed by atoms with E-state index in [-0.39, 0.29) is 5.75 Å². The molecule has 5 heteroatoms. The number of phenolic OH excluding ortho intramolecular Hbond substituents is 1. The minimum atomic E-state index is 0.122. The van der Waals surface area contributed by atoms with Gasteiger partial charge < -0.3 is 14.4 Å². The van der Waals surface area contributed by atoms with Crippen molar-refractivity contribution in [3.8, 4) is 17.1 Å². The lowest BCUT2D eigenvalue weighted by molar-refractivity contribution is 0.188. The Labute approximate surface area is 127 Å². The molecule has 0 spiro atoms. The van der Waals surface area contributed by atoms with Crippen molar-refractivity contribution in [1.82, 2.24) is 9.55 Å². The van der Waals surface area contributed by atoms with E-state index >= 15 is 0 Å². The van der Waals surface area contributed by atoms with Crippen LogP contribution in [-0.2, 0) is 11.3 Å². The molecule has 1 heterocycles. The van der Waals surface area contributed by atoms with Gasteiger partial charge in [-0.1, -0.05) is 23.7 Å². The first kappa shape index (κ1) is 13.9. The van der Waals surface area contributed by atoms with Gasteiger partial charge in [-0.3, -0.25) is 0 Å². The van der Waals surface area contributed by atoms with E-state index in [1.54, 1.807) is 19.2 Å². The molecule has 0 aliphatic carbocycles. The Morgan fingerprint density at radius 2 is 2.05 bits per heavy atom. The lowest BCUT2D eigenvalue weighted by Gasteiger charge is -2.10. The molecule has 0 fully saturated rings. The summed E-state index contributed by atoms with van der Waals surface area (Å²) in [5.74, 6) is 0.832. The third-order valence-corrected chi connectivity index (χ3v) is 3.61. The molecule has 0 unspecified atom stereocenters. The summed E-state index contributed by atoms with van der Waals surface area (Å²) in [7, 11) is 1.67. The van der Waals surface area contributed by atoms with Gasteiger partial charge in [0.1, 0.15) is 11.6 Å². The number of ether oxygens (including phenoxy) is 1. The average Bonchev–Trinajstić information content (AvgIpc) is 2.83. The van der Waals surface area contributed by atoms with Gasteiger partial charge in [-0.2, -0.15) is 0 Å². The van der Waals surface area contributed by atoms with Gasteiger partial charge in [0.2, 0.25) is 0 Å². The predicted octanol–water partition coefficient (Wildman–Crippen LogP) is 3.71. The number of hydrogen-bond acceptors (Lipinski definition) is 3. The summed E-state index contributed by atoms with van der Waals surface area (Å²) in [6, 6.07) is 12.9. The van der Waals surface area contributed by atoms with Gasteiger partial charge in [-0.05, 0) is 30.3 Å². The van der Waals surface area contributed by atoms with Crippen LogP contribution in [0.5, 0.6) is 5.75 Å². The molecule has 0 bridgehead atoms. The van der Waals surface area contributed by atoms with Crippen molar-refractivity contribution in [2.45, 2.75) is 6.54 Å². The Morgan fingerprint density at radius 3 is 2.81 bits per heavy atom. The van der Waals surface area contributed by atoms with Gasteiger partial charge >= 0.3 is 0 Å². The molecule has 2 aromatic carbocycles. The second-order valence-corrected chi connectivity index (χ2v) is 5.17. The van der Waals surface area contributed by atoms with Crippen LogP contribution < -0.4 is 0 Å². The molecule has 3 aromatic rings. The summed E-state index contributed by atoms with van der Waals surface area (Å²) in [4.78, 5) is 4.63. The zero-order valence-corrected chi connectivity index (χ0v) is 12.3. The number of para-hydroxylation sites is 2. The van der Waals surface area contributed by atoms with E-state index in [4.69, 9.17) is 16.3 Å². The van der Waals surface area contributed by atoms with Crippen molar-refractivity contribution in [3.63, 3.8) is 0 Å². The molecule has 0 aliphatic rings. The Morgan fingerprint density at radius 1 is 1.24 bits per heavy atom. The third-order valence-electron chi connectivity index (χ3n) is 3.37. The second-order valence-electron chi connectivity index (χ2n) is 4.73. The highest BCUT2D eigenvalue weighted by atomic mass is 35.5. The molecule has 1 N–H and O–H groups in total. The predicted molar refractivity (Wildman–Crippen MR) is 83.7 cm³/mol. The van der Waals surface area contributed by atoms with E-state index in [0.29, 0.717) is 29.6 Å². The van der Waals surface area contributed by atoms with E-state index in [1.165, 1.54) is 6.07 Å². The SMILES string of the molecule is COCCn1c(-c2ccc(Cl)cc2O)nc2ccccc21. The number of benzene rings is 2. The number of phenols is 1. The normalized spacial score (nSPS) is 11.1. The van der Waals surface area contributed by atoms with Gasteiger partial charge in [0, 0.05) is 18.7 Å². The topological polar surface area (TPSA) is 47.3 Å². The summed E-state index contributed by atoms with van der Waals surface area (Å²) in [5.41, 5.74) is 2.56. The molecule has 0 atom stereocenters. The summed E-state index contributed by atoms with van der Waals surface area (Å²) in [6.45, 7) is 1.23. The molecule has 108 valence electrons. The zero-order chi connectivity index (χ0) is 14.8. The van der Waals surface area contributed by atoms with Crippen LogP contribution >= 0.6 is 11.6 Å². The van der Waals surface area contributed by atoms with Crippen LogP contribution in [0, 0.1) is 0 Å². The fourth-order valence-electron chi connectivity index (χ4n) is 2.38. The smallest absolute Gasteiger partial charge is 0.144 e. The first-order valence-corrected chi connectivity index (χ1v) is 7.01. The minimum absolute atomic E-state index is 0.122. The van der Waals surface area contributed by atoms with Crippen molar-refractivity contribution in [1.29, 1.82) is 0 Å². The molecule has 0 radical (unpaired) electrons. The number of fused-ring (bicyclic) bond motifs is 1. The number of rotatable bonds is 4. The highest BCUT2D eigenvalue weighted by Crippen LogP contribution is 2.33. The van der Waals surface area contributed by atoms with Gasteiger partial charge in [0.05, 0.1) is 23.2 Å². The molecule has 0 saturated carbocycles. The molecule has 0 aliphatic heterocycles. The van der Waals surface area contributed by atoms with Gasteiger partial charge in [0.25, 0.3) is 0 Å². The molecule has 4 nitrogen and oxygen atoms in total. The van der Waals surface area contributed by atoms with Crippen LogP contribution in [0.1, 0.15) is 0 Å². The third kappa shape index (κ3) is 2.60. The summed E-state index contributed by atoms with van der Waals surface area (Å²) in [6.07, 6.45) is 0. The van der Waals surface area contributed by atoms with E-state index in [9.17, 15) is 5.11 Å². The molecule has 0 saturated heterocycles. The number of halogens is 1. The maximum atomic E-state index is 10.2. The maximum Gasteiger partial charge on any atom is 0.144 e. The van der Waals surface area contributed by atoms with Crippen LogP contribution in [-0.4, -0.2) is 28.4 Å².